The highest BCUT2D eigenvalue weighted by molar-refractivity contribution is 6.30. The Hall–Kier alpha value is -0.230. The van der Waals surface area contributed by atoms with Crippen molar-refractivity contribution in [3.63, 3.8) is 0 Å². The van der Waals surface area contributed by atoms with Gasteiger partial charge in [0, 0.05) is 5.03 Å². The molecule has 0 spiro atoms. The molecule has 0 amide bonds. The van der Waals surface area contributed by atoms with Crippen LogP contribution in [0.4, 0.5) is 0 Å². The van der Waals surface area contributed by atoms with E-state index in [1.807, 2.05) is 20.8 Å². The monoisotopic (exact) mass is 144 g/mol. The molecule has 9 heavy (non-hydrogen) atoms. The van der Waals surface area contributed by atoms with Crippen LogP contribution in [0, 0.1) is 0 Å². The predicted octanol–water partition coefficient (Wildman–Crippen LogP) is 3.49. The lowest BCUT2D eigenvalue weighted by Crippen LogP contribution is -1.80. The highest BCUT2D eigenvalue weighted by Gasteiger charge is 1.95. The van der Waals surface area contributed by atoms with Gasteiger partial charge >= 0.3 is 0 Å². The topological polar surface area (TPSA) is 0 Å². The van der Waals surface area contributed by atoms with Crippen molar-refractivity contribution in [2.45, 2.75) is 27.2 Å². The van der Waals surface area contributed by atoms with Crippen LogP contribution in [0.1, 0.15) is 27.2 Å². The molecule has 0 N–H and O–H groups in total. The van der Waals surface area contributed by atoms with Gasteiger partial charge in [-0.1, -0.05) is 30.7 Å². The summed E-state index contributed by atoms with van der Waals surface area (Å²) < 4.78 is 0. The number of hydrogen-bond acceptors (Lipinski definition) is 0. The van der Waals surface area contributed by atoms with Gasteiger partial charge in [-0.25, -0.2) is 0 Å². The Morgan fingerprint density at radius 3 is 2.00 bits per heavy atom. The second kappa shape index (κ2) is 3.73. The highest BCUT2D eigenvalue weighted by atomic mass is 35.5. The molecule has 0 fully saturated rings. The molecular formula is C8H13Cl. The summed E-state index contributed by atoms with van der Waals surface area (Å²) in [7, 11) is 0. The van der Waals surface area contributed by atoms with E-state index in [1.54, 1.807) is 0 Å². The van der Waals surface area contributed by atoms with Gasteiger partial charge in [0.25, 0.3) is 0 Å². The van der Waals surface area contributed by atoms with Crippen molar-refractivity contribution in [1.29, 1.82) is 0 Å². The normalized spacial score (nSPS) is 12.9. The van der Waals surface area contributed by atoms with Gasteiger partial charge in [0.2, 0.25) is 0 Å². The molecule has 0 saturated carbocycles. The average molecular weight is 145 g/mol. The molecular weight excluding hydrogens is 132 g/mol. The van der Waals surface area contributed by atoms with Crippen molar-refractivity contribution in [3.05, 3.63) is 22.8 Å². The Bertz CT molecular complexity index is 143. The van der Waals surface area contributed by atoms with E-state index in [-0.39, 0.29) is 0 Å². The zero-order valence-corrected chi connectivity index (χ0v) is 7.05. The van der Waals surface area contributed by atoms with Crippen molar-refractivity contribution in [2.75, 3.05) is 0 Å². The summed E-state index contributed by atoms with van der Waals surface area (Å²) >= 11 is 5.83. The van der Waals surface area contributed by atoms with Gasteiger partial charge < -0.3 is 0 Å². The fourth-order valence-corrected chi connectivity index (χ4v) is 0.658. The number of allylic oxidation sites excluding steroid dienone is 3. The number of rotatable bonds is 2. The third-order valence-corrected chi connectivity index (χ3v) is 1.91. The summed E-state index contributed by atoms with van der Waals surface area (Å²) in [6.07, 6.45) is 0.903. The fourth-order valence-electron chi connectivity index (χ4n) is 0.497. The van der Waals surface area contributed by atoms with Crippen molar-refractivity contribution < 1.29 is 0 Å². The van der Waals surface area contributed by atoms with E-state index in [9.17, 15) is 0 Å². The molecule has 0 nitrogen and oxygen atoms in total. The largest absolute Gasteiger partial charge is 0.0958 e. The van der Waals surface area contributed by atoms with E-state index in [2.05, 4.69) is 6.58 Å². The Morgan fingerprint density at radius 2 is 1.89 bits per heavy atom. The number of hydrogen-bond donors (Lipinski definition) is 0. The van der Waals surface area contributed by atoms with Crippen molar-refractivity contribution >= 4 is 11.6 Å². The van der Waals surface area contributed by atoms with Gasteiger partial charge in [-0.2, -0.15) is 0 Å². The minimum Gasteiger partial charge on any atom is -0.0958 e. The molecule has 0 bridgehead atoms. The van der Waals surface area contributed by atoms with Gasteiger partial charge in [-0.05, 0) is 25.8 Å². The lowest BCUT2D eigenvalue weighted by Gasteiger charge is -2.00. The molecule has 0 rings (SSSR count). The SMILES string of the molecule is C=C(C)/C(C)=C(/Cl)CC. The molecule has 0 aromatic carbocycles. The third kappa shape index (κ3) is 2.71. The lowest BCUT2D eigenvalue weighted by molar-refractivity contribution is 1.15. The molecule has 0 aromatic rings. The molecule has 0 heterocycles. The van der Waals surface area contributed by atoms with Crippen LogP contribution in [-0.2, 0) is 0 Å². The lowest BCUT2D eigenvalue weighted by atomic mass is 10.1. The highest BCUT2D eigenvalue weighted by Crippen LogP contribution is 2.17. The van der Waals surface area contributed by atoms with E-state index >= 15 is 0 Å². The van der Waals surface area contributed by atoms with E-state index in [0.717, 1.165) is 22.6 Å². The van der Waals surface area contributed by atoms with Crippen LogP contribution in [0.15, 0.2) is 22.8 Å². The zero-order chi connectivity index (χ0) is 7.44. The van der Waals surface area contributed by atoms with Crippen LogP contribution in [0.25, 0.3) is 0 Å². The molecule has 52 valence electrons. The van der Waals surface area contributed by atoms with Gasteiger partial charge in [0.15, 0.2) is 0 Å². The molecule has 0 saturated heterocycles. The van der Waals surface area contributed by atoms with Crippen LogP contribution < -0.4 is 0 Å². The van der Waals surface area contributed by atoms with E-state index in [0.29, 0.717) is 0 Å². The Kier molecular flexibility index (Phi) is 3.64. The van der Waals surface area contributed by atoms with E-state index in [1.165, 1.54) is 0 Å². The van der Waals surface area contributed by atoms with E-state index in [4.69, 9.17) is 11.6 Å². The second-order valence-corrected chi connectivity index (χ2v) is 2.62. The van der Waals surface area contributed by atoms with Crippen molar-refractivity contribution in [3.8, 4) is 0 Å². The summed E-state index contributed by atoms with van der Waals surface area (Å²) in [4.78, 5) is 0. The Labute approximate surface area is 62.2 Å². The second-order valence-electron chi connectivity index (χ2n) is 2.16. The summed E-state index contributed by atoms with van der Waals surface area (Å²) in [6, 6.07) is 0. The van der Waals surface area contributed by atoms with Crippen LogP contribution >= 0.6 is 11.6 Å². The smallest absolute Gasteiger partial charge is 0.0209 e. The van der Waals surface area contributed by atoms with Crippen molar-refractivity contribution in [2.24, 2.45) is 0 Å². The van der Waals surface area contributed by atoms with Gasteiger partial charge in [-0.3, -0.25) is 0 Å². The summed E-state index contributed by atoms with van der Waals surface area (Å²) in [5, 5.41) is 0.919. The van der Waals surface area contributed by atoms with Crippen LogP contribution in [0.2, 0.25) is 0 Å². The number of halogens is 1. The Morgan fingerprint density at radius 1 is 1.44 bits per heavy atom. The van der Waals surface area contributed by atoms with Gasteiger partial charge in [-0.15, -0.1) is 0 Å². The molecule has 0 aliphatic carbocycles. The molecule has 1 heteroatoms. The minimum atomic E-state index is 0.903. The van der Waals surface area contributed by atoms with Crippen LogP contribution in [-0.4, -0.2) is 0 Å². The third-order valence-electron chi connectivity index (χ3n) is 1.36. The first-order valence-corrected chi connectivity index (χ1v) is 3.48. The summed E-state index contributed by atoms with van der Waals surface area (Å²) in [5.41, 5.74) is 2.18. The summed E-state index contributed by atoms with van der Waals surface area (Å²) in [5.74, 6) is 0. The molecule has 0 atom stereocenters. The molecule has 0 aromatic heterocycles. The van der Waals surface area contributed by atoms with Crippen LogP contribution in [0.3, 0.4) is 0 Å². The fraction of sp³-hybridized carbons (Fsp3) is 0.500. The van der Waals surface area contributed by atoms with Gasteiger partial charge in [0.1, 0.15) is 0 Å². The Balaban J connectivity index is 4.28. The average Bonchev–Trinajstić information content (AvgIpc) is 1.84. The summed E-state index contributed by atoms with van der Waals surface area (Å²) in [6.45, 7) is 9.78. The minimum absolute atomic E-state index is 0.903. The van der Waals surface area contributed by atoms with Gasteiger partial charge in [0.05, 0.1) is 0 Å². The maximum absolute atomic E-state index is 5.83. The maximum Gasteiger partial charge on any atom is 0.0209 e. The molecule has 0 aliphatic rings. The standard InChI is InChI=1S/C8H13Cl/c1-5-8(9)7(4)6(2)3/h2,5H2,1,3-4H3/b8-7+. The van der Waals surface area contributed by atoms with Crippen LogP contribution in [0.5, 0.6) is 0 Å². The molecule has 0 aliphatic heterocycles. The van der Waals surface area contributed by atoms with E-state index < -0.39 is 0 Å². The first-order chi connectivity index (χ1) is 4.09. The molecule has 0 radical (unpaired) electrons. The first-order valence-electron chi connectivity index (χ1n) is 3.10. The maximum atomic E-state index is 5.83. The first kappa shape index (κ1) is 8.77. The quantitative estimate of drug-likeness (QED) is 0.521. The van der Waals surface area contributed by atoms with Crippen molar-refractivity contribution in [1.82, 2.24) is 0 Å². The predicted molar refractivity (Wildman–Crippen MR) is 43.7 cm³/mol. The molecule has 0 unspecified atom stereocenters. The zero-order valence-electron chi connectivity index (χ0n) is 6.29.